The van der Waals surface area contributed by atoms with Crippen molar-refractivity contribution in [3.8, 4) is 0 Å². The number of nitrogens with zero attached hydrogens (tertiary/aromatic N) is 4. The van der Waals surface area contributed by atoms with Gasteiger partial charge < -0.3 is 26.8 Å². The van der Waals surface area contributed by atoms with Crippen molar-refractivity contribution in [3.05, 3.63) is 178 Å². The first-order chi connectivity index (χ1) is 39.9. The third-order valence-corrected chi connectivity index (χ3v) is 19.7. The third-order valence-electron chi connectivity index (χ3n) is 12.3. The standard InChI is InChI=1S/C19H16F2N3O7.C14H13F2O5.C9H11F2N3O4.2C6H5.2CH4.2Bi.H3N.2H/c1-11(26)22-14-7-8-24(18(28)23-14)17-19(20,21)15(30-10-25)13(31-17)9-29-16(27)12-5-3-2-4-6-12;1-9-14(15,16)12(20-8-17)11(21-9)7-19-13(18)10-5-3-2-4-6-10;10-9(11)6(16)4(3-15)18-7(9)14-2-1-5(12)13-8(14)17;2*1-2-4-6-5-3-1;;;;;;;/h2-8,13,15,17H,9H2,1H3,(H,22,23,26,28);2-6,9,11-12H,7H2,1H3;1-2,4,6-7,15-16H,3H2,(H2,12,13,17);2*1-5H;2*1H4;;;1H3;;/t13-,15+,17-;9-,11-,12+;4-,6+,7-;;;;;;;;;/m111........./s1. The molecule has 3 saturated heterocycles. The Balaban J connectivity index is 0.000000292. The molecule has 0 saturated carbocycles. The van der Waals surface area contributed by atoms with Crippen molar-refractivity contribution in [1.29, 1.82) is 0 Å². The quantitative estimate of drug-likeness (QED) is 0.0384. The van der Waals surface area contributed by atoms with Crippen LogP contribution in [0.5, 0.6) is 0 Å². The zero-order valence-electron chi connectivity index (χ0n) is 44.6. The molecule has 87 heavy (non-hydrogen) atoms. The number of aliphatic hydroxyl groups excluding tert-OH is 2. The van der Waals surface area contributed by atoms with E-state index in [1.165, 1.54) is 26.0 Å². The molecule has 5 heterocycles. The van der Waals surface area contributed by atoms with Crippen LogP contribution in [-0.2, 0) is 38.0 Å². The molecule has 3 aliphatic rings. The predicted molar refractivity (Wildman–Crippen MR) is 305 cm³/mol. The number of alkyl halides is 6. The molecule has 1 amide bonds. The molecular formula is C56H63Bi2F6N7O16. The van der Waals surface area contributed by atoms with Crippen LogP contribution in [0.1, 0.15) is 61.9 Å². The molecule has 31 heteroatoms. The number of esters is 2. The molecule has 0 bridgehead atoms. The van der Waals surface area contributed by atoms with E-state index in [1.54, 1.807) is 103 Å². The molecule has 6 aromatic rings. The van der Waals surface area contributed by atoms with Gasteiger partial charge in [0, 0.05) is 6.20 Å². The van der Waals surface area contributed by atoms with Crippen molar-refractivity contribution < 1.29 is 93.7 Å². The van der Waals surface area contributed by atoms with Crippen LogP contribution in [0.15, 0.2) is 155 Å². The molecule has 3 aliphatic heterocycles. The molecule has 9 rings (SSSR count). The molecule has 9 atom stereocenters. The van der Waals surface area contributed by atoms with Crippen LogP contribution in [0.2, 0.25) is 0 Å². The summed E-state index contributed by atoms with van der Waals surface area (Å²) in [4.78, 5) is 91.4. The number of rotatable bonds is 16. The number of nitrogen functional groups attached to an aromatic ring is 1. The van der Waals surface area contributed by atoms with E-state index < -0.39 is 176 Å². The maximum atomic E-state index is 15.7. The first-order valence-electron chi connectivity index (χ1n) is 25.0. The SMILES string of the molecule is C.C.CC(=O)Nc1ccn([C@@H]2O[C@H](COC(=O)c3ccccc3)[C@H](O[C](=O)[BiH][c]3ccccc3)C2(F)F)c(=O)n1.C[C@H]1O[C@H](COC(=O)c2ccccc2)[C@H](O[C](=O)[BiH][c]2ccccc2)C1(F)F.N.Nc1ccn([C@@H]2O[C@H](CO)[C@H](O)C2(F)F)c(=O)n1. The van der Waals surface area contributed by atoms with Gasteiger partial charge in [-0.1, -0.05) is 14.9 Å². The Hall–Kier alpha value is -7.10. The van der Waals surface area contributed by atoms with Crippen molar-refractivity contribution in [2.45, 2.75) is 102 Å². The normalized spacial score (nSPS) is 22.5. The van der Waals surface area contributed by atoms with Crippen molar-refractivity contribution in [2.75, 3.05) is 30.9 Å². The number of aliphatic hydroxyl groups is 2. The van der Waals surface area contributed by atoms with Crippen LogP contribution < -0.4 is 35.1 Å². The van der Waals surface area contributed by atoms with E-state index >= 15 is 8.78 Å². The summed E-state index contributed by atoms with van der Waals surface area (Å²) >= 11 is -4.43. The number of benzene rings is 4. The smallest absolute Gasteiger partial charge is 0.351 e. The Morgan fingerprint density at radius 2 is 1.01 bits per heavy atom. The van der Waals surface area contributed by atoms with Gasteiger partial charge in [0.15, 0.2) is 6.10 Å². The van der Waals surface area contributed by atoms with Crippen LogP contribution in [0.25, 0.3) is 0 Å². The van der Waals surface area contributed by atoms with Crippen molar-refractivity contribution in [3.63, 3.8) is 0 Å². The van der Waals surface area contributed by atoms with Gasteiger partial charge >= 0.3 is 411 Å². The number of aromatic nitrogens is 4. The van der Waals surface area contributed by atoms with E-state index in [0.29, 0.717) is 14.7 Å². The van der Waals surface area contributed by atoms with E-state index in [4.69, 9.17) is 44.0 Å². The summed E-state index contributed by atoms with van der Waals surface area (Å²) in [5.41, 5.74) is 3.57. The average molecular weight is 1620 g/mol. The molecule has 0 radical (unpaired) electrons. The Morgan fingerprint density at radius 1 is 0.609 bits per heavy atom. The summed E-state index contributed by atoms with van der Waals surface area (Å²) in [5.74, 6) is -13.2. The summed E-state index contributed by atoms with van der Waals surface area (Å²) < 4.78 is 125. The minimum atomic E-state index is -3.89. The van der Waals surface area contributed by atoms with Crippen LogP contribution in [0.3, 0.4) is 0 Å². The number of hydrogen-bond donors (Lipinski definition) is 5. The molecule has 0 unspecified atom stereocenters. The van der Waals surface area contributed by atoms with Gasteiger partial charge in [0.25, 0.3) is 0 Å². The molecule has 23 nitrogen and oxygen atoms in total. The summed E-state index contributed by atoms with van der Waals surface area (Å²) in [6, 6.07) is 36.0. The molecule has 0 aliphatic carbocycles. The fourth-order valence-corrected chi connectivity index (χ4v) is 14.3. The molecule has 4 aromatic carbocycles. The number of nitrogens with one attached hydrogen (secondary N) is 1. The van der Waals surface area contributed by atoms with Crippen LogP contribution in [0, 0.1) is 0 Å². The largest absolute Gasteiger partial charge is 0.394 e. The predicted octanol–water partition coefficient (Wildman–Crippen LogP) is 4.54. The number of ether oxygens (including phenoxy) is 7. The van der Waals surface area contributed by atoms with Crippen LogP contribution >= 0.6 is 0 Å². The first kappa shape index (κ1) is 72.4. The number of hydrogen-bond acceptors (Lipinski definition) is 20. The maximum absolute atomic E-state index is 15.7. The Morgan fingerprint density at radius 3 is 1.44 bits per heavy atom. The second-order valence-corrected chi connectivity index (χ2v) is 27.9. The zero-order valence-corrected chi connectivity index (χ0v) is 52.4. The number of carbonyl (C=O) groups excluding carboxylic acids is 5. The summed E-state index contributed by atoms with van der Waals surface area (Å²) in [7, 11) is 0. The molecule has 0 spiro atoms. The molecule has 2 aromatic heterocycles. The summed E-state index contributed by atoms with van der Waals surface area (Å²) in [5, 5.41) is 20.4. The van der Waals surface area contributed by atoms with Gasteiger partial charge in [-0.2, -0.15) is 13.8 Å². The topological polar surface area (TPSA) is 333 Å². The monoisotopic (exact) mass is 1620 g/mol. The van der Waals surface area contributed by atoms with Gasteiger partial charge in [-0.25, -0.2) is 4.79 Å². The fourth-order valence-electron chi connectivity index (χ4n) is 8.20. The van der Waals surface area contributed by atoms with Crippen molar-refractivity contribution >= 4 is 89.8 Å². The third kappa shape index (κ3) is 18.5. The summed E-state index contributed by atoms with van der Waals surface area (Å²) in [6.45, 7) is 0.527. The number of carbonyl (C=O) groups is 5. The van der Waals surface area contributed by atoms with Gasteiger partial charge in [0.1, 0.15) is 11.9 Å². The fraction of sp³-hybridized carbons (Fsp3) is 0.339. The van der Waals surface area contributed by atoms with Gasteiger partial charge in [-0.3, -0.25) is 4.57 Å². The summed E-state index contributed by atoms with van der Waals surface area (Å²) in [6.07, 6.45) is -14.1. The number of amides is 1. The minimum Gasteiger partial charge on any atom is -0.394 e. The van der Waals surface area contributed by atoms with Crippen LogP contribution in [-0.4, -0.2) is 181 Å². The van der Waals surface area contributed by atoms with Gasteiger partial charge in [-0.15, -0.1) is 0 Å². The van der Waals surface area contributed by atoms with Crippen molar-refractivity contribution in [1.82, 2.24) is 25.3 Å². The first-order valence-corrected chi connectivity index (χ1v) is 32.8. The van der Waals surface area contributed by atoms with Gasteiger partial charge in [0.05, 0.1) is 6.61 Å². The van der Waals surface area contributed by atoms with E-state index in [1.807, 2.05) is 6.07 Å². The van der Waals surface area contributed by atoms with Crippen molar-refractivity contribution in [2.24, 2.45) is 0 Å². The van der Waals surface area contributed by atoms with E-state index in [0.717, 1.165) is 31.1 Å². The Kier molecular flexibility index (Phi) is 26.8. The number of anilines is 2. The zero-order chi connectivity index (χ0) is 60.9. The average Bonchev–Trinajstić information content (AvgIpc) is 3.87. The Labute approximate surface area is 516 Å². The minimum absolute atomic E-state index is 0. The van der Waals surface area contributed by atoms with Gasteiger partial charge in [0.2, 0.25) is 6.23 Å². The second-order valence-electron chi connectivity index (χ2n) is 18.3. The molecular weight excluding hydrogens is 1560 g/mol. The van der Waals surface area contributed by atoms with Gasteiger partial charge in [-0.05, 0) is 6.07 Å². The number of nitrogens with two attached hydrogens (primary N) is 1. The van der Waals surface area contributed by atoms with Crippen LogP contribution in [0.4, 0.5) is 47.6 Å². The second kappa shape index (κ2) is 32.2. The number of halogens is 6. The molecule has 3 fully saturated rings. The maximum Gasteiger partial charge on any atom is 0.351 e. The Bertz CT molecular complexity index is 3370. The van der Waals surface area contributed by atoms with E-state index in [-0.39, 0.29) is 38.2 Å². The molecule has 470 valence electrons. The molecule has 8 N–H and O–H groups in total. The van der Waals surface area contributed by atoms with E-state index in [2.05, 4.69) is 15.3 Å². The van der Waals surface area contributed by atoms with E-state index in [9.17, 15) is 56.2 Å².